The molecule has 5 nitrogen and oxygen atoms in total. The first kappa shape index (κ1) is 16.3. The van der Waals surface area contributed by atoms with Gasteiger partial charge in [0.1, 0.15) is 11.6 Å². The minimum Gasteiger partial charge on any atom is -0.349 e. The molecule has 0 radical (unpaired) electrons. The number of carbonyl (C=O) groups excluding carboxylic acids is 1. The Balaban J connectivity index is 1.65. The van der Waals surface area contributed by atoms with Crippen molar-refractivity contribution in [2.75, 3.05) is 31.6 Å². The standard InChI is InChI=1S/C16H20F2N2O3/c17-11-7-12(18)9-13(8-11)19-16(21)14-3-1-2-4-20(14)10-15-22-5-6-23-15/h7-9,14-15H,1-6,10H2,(H,19,21)/t14-/m1/s1. The second kappa shape index (κ2) is 7.33. The molecule has 23 heavy (non-hydrogen) atoms. The van der Waals surface area contributed by atoms with Gasteiger partial charge in [-0.2, -0.15) is 0 Å². The Labute approximate surface area is 133 Å². The number of carbonyl (C=O) groups is 1. The van der Waals surface area contributed by atoms with Crippen molar-refractivity contribution in [2.45, 2.75) is 31.6 Å². The Bertz CT molecular complexity index is 544. The van der Waals surface area contributed by atoms with Gasteiger partial charge in [-0.15, -0.1) is 0 Å². The van der Waals surface area contributed by atoms with Crippen LogP contribution in [-0.2, 0) is 14.3 Å². The Morgan fingerprint density at radius 3 is 2.57 bits per heavy atom. The lowest BCUT2D eigenvalue weighted by molar-refractivity contribution is -0.125. The summed E-state index contributed by atoms with van der Waals surface area (Å²) in [6.45, 7) is 2.43. The molecule has 2 aliphatic heterocycles. The molecule has 0 aliphatic carbocycles. The summed E-state index contributed by atoms with van der Waals surface area (Å²) in [6, 6.07) is 2.65. The molecule has 2 saturated heterocycles. The highest BCUT2D eigenvalue weighted by molar-refractivity contribution is 5.94. The first-order valence-electron chi connectivity index (χ1n) is 7.86. The molecular formula is C16H20F2N2O3. The second-order valence-corrected chi connectivity index (χ2v) is 5.83. The summed E-state index contributed by atoms with van der Waals surface area (Å²) in [4.78, 5) is 14.5. The SMILES string of the molecule is O=C(Nc1cc(F)cc(F)c1)[C@H]1CCCCN1CC1OCCO1. The number of halogens is 2. The lowest BCUT2D eigenvalue weighted by atomic mass is 10.0. The molecule has 2 aliphatic rings. The fraction of sp³-hybridized carbons (Fsp3) is 0.562. The zero-order valence-corrected chi connectivity index (χ0v) is 12.8. The number of amides is 1. The van der Waals surface area contributed by atoms with Crippen LogP contribution in [0, 0.1) is 11.6 Å². The quantitative estimate of drug-likeness (QED) is 0.921. The lowest BCUT2D eigenvalue weighted by Crippen LogP contribution is -2.49. The van der Waals surface area contributed by atoms with E-state index in [0.29, 0.717) is 26.2 Å². The van der Waals surface area contributed by atoms with Crippen LogP contribution in [0.1, 0.15) is 19.3 Å². The molecule has 0 bridgehead atoms. The Morgan fingerprint density at radius 2 is 1.87 bits per heavy atom. The summed E-state index contributed by atoms with van der Waals surface area (Å²) < 4.78 is 37.3. The number of rotatable bonds is 4. The maximum Gasteiger partial charge on any atom is 0.241 e. The van der Waals surface area contributed by atoms with E-state index in [1.54, 1.807) is 0 Å². The Hall–Kier alpha value is -1.57. The average Bonchev–Trinajstić information content (AvgIpc) is 2.99. The largest absolute Gasteiger partial charge is 0.349 e. The lowest BCUT2D eigenvalue weighted by Gasteiger charge is -2.35. The van der Waals surface area contributed by atoms with Gasteiger partial charge in [0.2, 0.25) is 5.91 Å². The topological polar surface area (TPSA) is 50.8 Å². The monoisotopic (exact) mass is 326 g/mol. The number of nitrogens with zero attached hydrogens (tertiary/aromatic N) is 1. The van der Waals surface area contributed by atoms with Gasteiger partial charge in [0.25, 0.3) is 0 Å². The van der Waals surface area contributed by atoms with Crippen molar-refractivity contribution in [2.24, 2.45) is 0 Å². The van der Waals surface area contributed by atoms with E-state index in [9.17, 15) is 13.6 Å². The first-order valence-corrected chi connectivity index (χ1v) is 7.86. The van der Waals surface area contributed by atoms with Gasteiger partial charge in [0, 0.05) is 11.8 Å². The van der Waals surface area contributed by atoms with Crippen molar-refractivity contribution < 1.29 is 23.0 Å². The number of hydrogen-bond acceptors (Lipinski definition) is 4. The number of benzene rings is 1. The molecular weight excluding hydrogens is 306 g/mol. The van der Waals surface area contributed by atoms with E-state index in [4.69, 9.17) is 9.47 Å². The molecule has 1 aromatic rings. The molecule has 3 rings (SSSR count). The normalized spacial score (nSPS) is 23.1. The molecule has 126 valence electrons. The highest BCUT2D eigenvalue weighted by Crippen LogP contribution is 2.21. The smallest absolute Gasteiger partial charge is 0.241 e. The maximum absolute atomic E-state index is 13.2. The predicted molar refractivity (Wildman–Crippen MR) is 79.9 cm³/mol. The number of ether oxygens (including phenoxy) is 2. The minimum absolute atomic E-state index is 0.131. The van der Waals surface area contributed by atoms with Gasteiger partial charge in [0.05, 0.1) is 25.8 Å². The Kier molecular flexibility index (Phi) is 5.20. The molecule has 2 heterocycles. The van der Waals surface area contributed by atoms with Crippen LogP contribution in [0.5, 0.6) is 0 Å². The van der Waals surface area contributed by atoms with Gasteiger partial charge in [-0.3, -0.25) is 9.69 Å². The van der Waals surface area contributed by atoms with Crippen LogP contribution in [0.25, 0.3) is 0 Å². The van der Waals surface area contributed by atoms with E-state index in [1.807, 2.05) is 4.90 Å². The molecule has 1 atom stereocenters. The van der Waals surface area contributed by atoms with Crippen molar-refractivity contribution in [1.29, 1.82) is 0 Å². The maximum atomic E-state index is 13.2. The van der Waals surface area contributed by atoms with Crippen LogP contribution in [-0.4, -0.2) is 49.4 Å². The van der Waals surface area contributed by atoms with Crippen LogP contribution in [0.4, 0.5) is 14.5 Å². The van der Waals surface area contributed by atoms with Crippen LogP contribution >= 0.6 is 0 Å². The summed E-state index contributed by atoms with van der Waals surface area (Å²) in [5, 5.41) is 2.61. The third-order valence-electron chi connectivity index (χ3n) is 4.12. The van der Waals surface area contributed by atoms with Crippen molar-refractivity contribution in [3.8, 4) is 0 Å². The highest BCUT2D eigenvalue weighted by atomic mass is 19.1. The van der Waals surface area contributed by atoms with Gasteiger partial charge >= 0.3 is 0 Å². The van der Waals surface area contributed by atoms with Gasteiger partial charge in [0.15, 0.2) is 6.29 Å². The fourth-order valence-corrected chi connectivity index (χ4v) is 3.06. The summed E-state index contributed by atoms with van der Waals surface area (Å²) in [7, 11) is 0. The van der Waals surface area contributed by atoms with Gasteiger partial charge in [-0.1, -0.05) is 6.42 Å². The van der Waals surface area contributed by atoms with Crippen LogP contribution in [0.15, 0.2) is 18.2 Å². The Morgan fingerprint density at radius 1 is 1.17 bits per heavy atom. The zero-order valence-electron chi connectivity index (χ0n) is 12.8. The molecule has 7 heteroatoms. The van der Waals surface area contributed by atoms with Crippen LogP contribution in [0.3, 0.4) is 0 Å². The summed E-state index contributed by atoms with van der Waals surface area (Å²) in [5.74, 6) is -1.69. The second-order valence-electron chi connectivity index (χ2n) is 5.83. The molecule has 0 unspecified atom stereocenters. The van der Waals surface area contributed by atoms with Crippen molar-refractivity contribution >= 4 is 11.6 Å². The van der Waals surface area contributed by atoms with Gasteiger partial charge < -0.3 is 14.8 Å². The molecule has 1 amide bonds. The molecule has 2 fully saturated rings. The van der Waals surface area contributed by atoms with E-state index in [1.165, 1.54) is 0 Å². The average molecular weight is 326 g/mol. The van der Waals surface area contributed by atoms with E-state index < -0.39 is 11.6 Å². The fourth-order valence-electron chi connectivity index (χ4n) is 3.06. The molecule has 0 aromatic heterocycles. The van der Waals surface area contributed by atoms with Crippen molar-refractivity contribution in [3.63, 3.8) is 0 Å². The number of likely N-dealkylation sites (tertiary alicyclic amines) is 1. The van der Waals surface area contributed by atoms with E-state index >= 15 is 0 Å². The summed E-state index contributed by atoms with van der Waals surface area (Å²) >= 11 is 0. The summed E-state index contributed by atoms with van der Waals surface area (Å²) in [5.41, 5.74) is 0.131. The molecule has 1 aromatic carbocycles. The van der Waals surface area contributed by atoms with E-state index in [0.717, 1.165) is 37.6 Å². The number of anilines is 1. The molecule has 0 saturated carbocycles. The van der Waals surface area contributed by atoms with Crippen molar-refractivity contribution in [3.05, 3.63) is 29.8 Å². The number of piperidine rings is 1. The summed E-state index contributed by atoms with van der Waals surface area (Å²) in [6.07, 6.45) is 2.34. The highest BCUT2D eigenvalue weighted by Gasteiger charge is 2.31. The van der Waals surface area contributed by atoms with Crippen LogP contribution in [0.2, 0.25) is 0 Å². The van der Waals surface area contributed by atoms with Gasteiger partial charge in [-0.25, -0.2) is 8.78 Å². The zero-order chi connectivity index (χ0) is 16.2. The van der Waals surface area contributed by atoms with E-state index in [2.05, 4.69) is 5.32 Å². The third kappa shape index (κ3) is 4.25. The first-order chi connectivity index (χ1) is 11.1. The third-order valence-corrected chi connectivity index (χ3v) is 4.12. The number of hydrogen-bond donors (Lipinski definition) is 1. The molecule has 1 N–H and O–H groups in total. The van der Waals surface area contributed by atoms with Crippen LogP contribution < -0.4 is 5.32 Å². The minimum atomic E-state index is -0.714. The predicted octanol–water partition coefficient (Wildman–Crippen LogP) is 2.13. The van der Waals surface area contributed by atoms with E-state index in [-0.39, 0.29) is 23.9 Å². The van der Waals surface area contributed by atoms with Gasteiger partial charge in [-0.05, 0) is 31.5 Å². The number of nitrogens with one attached hydrogen (secondary N) is 1. The van der Waals surface area contributed by atoms with Crippen molar-refractivity contribution in [1.82, 2.24) is 4.90 Å². The molecule has 0 spiro atoms.